The van der Waals surface area contributed by atoms with Crippen LogP contribution in [-0.4, -0.2) is 11.9 Å². The van der Waals surface area contributed by atoms with Gasteiger partial charge in [-0.2, -0.15) is 0 Å². The Morgan fingerprint density at radius 3 is 2.37 bits per heavy atom. The summed E-state index contributed by atoms with van der Waals surface area (Å²) in [6.07, 6.45) is 6.07. The number of hydrogen-bond donors (Lipinski definition) is 3. The van der Waals surface area contributed by atoms with Gasteiger partial charge in [0.1, 0.15) is 0 Å². The van der Waals surface area contributed by atoms with Crippen LogP contribution in [0.4, 0.5) is 10.5 Å². The molecule has 0 aromatic heterocycles. The molecule has 1 fully saturated rings. The summed E-state index contributed by atoms with van der Waals surface area (Å²) in [7, 11) is 0. The Hall–Kier alpha value is -2.30. The van der Waals surface area contributed by atoms with Crippen molar-refractivity contribution in [1.29, 1.82) is 0 Å². The Kier molecular flexibility index (Phi) is 4.18. The van der Waals surface area contributed by atoms with Gasteiger partial charge >= 0.3 is 6.03 Å². The summed E-state index contributed by atoms with van der Waals surface area (Å²) in [6, 6.07) is 5.88. The van der Waals surface area contributed by atoms with Crippen LogP contribution in [0, 0.1) is 0 Å². The van der Waals surface area contributed by atoms with E-state index in [2.05, 4.69) is 10.6 Å². The van der Waals surface area contributed by atoms with Crippen molar-refractivity contribution in [2.24, 2.45) is 0 Å². The number of nitrogens with two attached hydrogens (primary N) is 1. The molecule has 0 radical (unpaired) electrons. The smallest absolute Gasteiger partial charge is 0.325 e. The van der Waals surface area contributed by atoms with Crippen molar-refractivity contribution >= 4 is 17.6 Å². The maximum Gasteiger partial charge on any atom is 0.325 e. The Morgan fingerprint density at radius 2 is 1.74 bits per heavy atom. The molecule has 1 aliphatic carbocycles. The molecule has 0 spiro atoms. The standard InChI is InChI=1S/C14H17N3O2/c15-12-7-5-11(6-8-12)13(18)17-14(19)16-9-10-3-1-2-4-10/h5-9H,1-4,15H2,(H2,16,17,18,19). The lowest BCUT2D eigenvalue weighted by Gasteiger charge is -2.04. The van der Waals surface area contributed by atoms with Gasteiger partial charge in [-0.15, -0.1) is 0 Å². The number of carbonyl (C=O) groups excluding carboxylic acids is 2. The van der Waals surface area contributed by atoms with Gasteiger partial charge in [0.25, 0.3) is 5.91 Å². The predicted octanol–water partition coefficient (Wildman–Crippen LogP) is 2.17. The quantitative estimate of drug-likeness (QED) is 0.711. The van der Waals surface area contributed by atoms with E-state index in [1.807, 2.05) is 0 Å². The van der Waals surface area contributed by atoms with E-state index in [9.17, 15) is 9.59 Å². The summed E-state index contributed by atoms with van der Waals surface area (Å²) in [5.74, 6) is -0.442. The van der Waals surface area contributed by atoms with Crippen molar-refractivity contribution in [2.45, 2.75) is 25.7 Å². The summed E-state index contributed by atoms with van der Waals surface area (Å²) >= 11 is 0. The summed E-state index contributed by atoms with van der Waals surface area (Å²) in [4.78, 5) is 23.3. The number of nitrogens with one attached hydrogen (secondary N) is 2. The van der Waals surface area contributed by atoms with E-state index in [1.165, 1.54) is 18.4 Å². The second-order valence-corrected chi connectivity index (χ2v) is 4.56. The third kappa shape index (κ3) is 3.84. The topological polar surface area (TPSA) is 84.2 Å². The van der Waals surface area contributed by atoms with Crippen molar-refractivity contribution in [3.63, 3.8) is 0 Å². The first kappa shape index (κ1) is 13.1. The van der Waals surface area contributed by atoms with E-state index in [0.29, 0.717) is 11.3 Å². The lowest BCUT2D eigenvalue weighted by Crippen LogP contribution is -2.37. The molecular weight excluding hydrogens is 242 g/mol. The number of hydrogen-bond acceptors (Lipinski definition) is 3. The van der Waals surface area contributed by atoms with Crippen molar-refractivity contribution in [3.8, 4) is 0 Å². The highest BCUT2D eigenvalue weighted by atomic mass is 16.2. The lowest BCUT2D eigenvalue weighted by molar-refractivity contribution is 0.0965. The fourth-order valence-electron chi connectivity index (χ4n) is 1.99. The van der Waals surface area contributed by atoms with E-state index in [1.54, 1.807) is 30.5 Å². The zero-order valence-electron chi connectivity index (χ0n) is 10.6. The van der Waals surface area contributed by atoms with E-state index < -0.39 is 11.9 Å². The van der Waals surface area contributed by atoms with Gasteiger partial charge in [-0.05, 0) is 49.9 Å². The largest absolute Gasteiger partial charge is 0.399 e. The van der Waals surface area contributed by atoms with Gasteiger partial charge in [0.15, 0.2) is 0 Å². The SMILES string of the molecule is Nc1ccc(C(=O)NC(=O)NC=C2CCCC2)cc1. The summed E-state index contributed by atoms with van der Waals surface area (Å²) in [5.41, 5.74) is 7.72. The number of carbonyl (C=O) groups is 2. The van der Waals surface area contributed by atoms with E-state index in [-0.39, 0.29) is 0 Å². The normalized spacial score (nSPS) is 14.0. The molecule has 1 aromatic carbocycles. The average Bonchev–Trinajstić information content (AvgIpc) is 2.90. The minimum Gasteiger partial charge on any atom is -0.399 e. The molecule has 0 heterocycles. The molecule has 0 bridgehead atoms. The van der Waals surface area contributed by atoms with Crippen LogP contribution in [0.3, 0.4) is 0 Å². The molecule has 3 amide bonds. The van der Waals surface area contributed by atoms with E-state index >= 15 is 0 Å². The van der Waals surface area contributed by atoms with Gasteiger partial charge in [0.2, 0.25) is 0 Å². The third-order valence-corrected chi connectivity index (χ3v) is 3.05. The number of anilines is 1. The highest BCUT2D eigenvalue weighted by Gasteiger charge is 2.10. The second-order valence-electron chi connectivity index (χ2n) is 4.56. The molecule has 5 nitrogen and oxygen atoms in total. The number of allylic oxidation sites excluding steroid dienone is 1. The van der Waals surface area contributed by atoms with Gasteiger partial charge in [-0.25, -0.2) is 4.79 Å². The van der Waals surface area contributed by atoms with Crippen LogP contribution in [0.25, 0.3) is 0 Å². The van der Waals surface area contributed by atoms with Crippen LogP contribution in [0.5, 0.6) is 0 Å². The van der Waals surface area contributed by atoms with E-state index in [0.717, 1.165) is 12.8 Å². The van der Waals surface area contributed by atoms with Crippen molar-refractivity contribution in [2.75, 3.05) is 5.73 Å². The van der Waals surface area contributed by atoms with Crippen molar-refractivity contribution in [3.05, 3.63) is 41.6 Å². The summed E-state index contributed by atoms with van der Waals surface area (Å²) in [5, 5.41) is 4.84. The van der Waals surface area contributed by atoms with Gasteiger partial charge in [-0.3, -0.25) is 10.1 Å². The van der Waals surface area contributed by atoms with Gasteiger partial charge < -0.3 is 11.1 Å². The monoisotopic (exact) mass is 259 g/mol. The third-order valence-electron chi connectivity index (χ3n) is 3.05. The second kappa shape index (κ2) is 6.04. The summed E-state index contributed by atoms with van der Waals surface area (Å²) in [6.45, 7) is 0. The zero-order chi connectivity index (χ0) is 13.7. The van der Waals surface area contributed by atoms with Crippen molar-refractivity contribution < 1.29 is 9.59 Å². The van der Waals surface area contributed by atoms with E-state index in [4.69, 9.17) is 5.73 Å². The fourth-order valence-corrected chi connectivity index (χ4v) is 1.99. The maximum atomic E-state index is 11.7. The molecule has 1 aliphatic rings. The first-order valence-corrected chi connectivity index (χ1v) is 6.30. The van der Waals surface area contributed by atoms with Crippen LogP contribution < -0.4 is 16.4 Å². The Bertz CT molecular complexity index is 498. The molecule has 19 heavy (non-hydrogen) atoms. The molecule has 4 N–H and O–H groups in total. The number of nitrogen functional groups attached to an aromatic ring is 1. The highest BCUT2D eigenvalue weighted by Crippen LogP contribution is 2.22. The molecule has 1 aromatic rings. The number of benzene rings is 1. The van der Waals surface area contributed by atoms with Gasteiger partial charge in [0.05, 0.1) is 0 Å². The number of urea groups is 1. The first-order valence-electron chi connectivity index (χ1n) is 6.30. The van der Waals surface area contributed by atoms with Crippen LogP contribution >= 0.6 is 0 Å². The van der Waals surface area contributed by atoms with Gasteiger partial charge in [-0.1, -0.05) is 5.57 Å². The zero-order valence-corrected chi connectivity index (χ0v) is 10.6. The molecule has 2 rings (SSSR count). The number of rotatable bonds is 2. The fraction of sp³-hybridized carbons (Fsp3) is 0.286. The number of amides is 3. The maximum absolute atomic E-state index is 11.7. The molecule has 0 aliphatic heterocycles. The molecule has 1 saturated carbocycles. The Morgan fingerprint density at radius 1 is 1.11 bits per heavy atom. The Labute approximate surface area is 111 Å². The Balaban J connectivity index is 1.86. The number of imide groups is 1. The van der Waals surface area contributed by atoms with Crippen LogP contribution in [0.15, 0.2) is 36.0 Å². The van der Waals surface area contributed by atoms with Crippen LogP contribution in [0.2, 0.25) is 0 Å². The molecule has 0 atom stereocenters. The first-order chi connectivity index (χ1) is 9.15. The molecular formula is C14H17N3O2. The minimum absolute atomic E-state index is 0.401. The molecule has 0 saturated heterocycles. The van der Waals surface area contributed by atoms with Gasteiger partial charge in [0, 0.05) is 17.5 Å². The molecule has 0 unspecified atom stereocenters. The summed E-state index contributed by atoms with van der Waals surface area (Å²) < 4.78 is 0. The highest BCUT2D eigenvalue weighted by molar-refractivity contribution is 6.04. The van der Waals surface area contributed by atoms with Crippen LogP contribution in [0.1, 0.15) is 36.0 Å². The predicted molar refractivity (Wildman–Crippen MR) is 73.4 cm³/mol. The van der Waals surface area contributed by atoms with Crippen LogP contribution in [-0.2, 0) is 0 Å². The minimum atomic E-state index is -0.513. The average molecular weight is 259 g/mol. The molecule has 5 heteroatoms. The lowest BCUT2D eigenvalue weighted by atomic mass is 10.2. The molecule has 100 valence electrons. The van der Waals surface area contributed by atoms with Crippen molar-refractivity contribution in [1.82, 2.24) is 10.6 Å².